The molecule has 138 valence electrons. The van der Waals surface area contributed by atoms with Crippen LogP contribution in [0.4, 0.5) is 0 Å². The predicted molar refractivity (Wildman–Crippen MR) is 94.0 cm³/mol. The average molecular weight is 371 g/mol. The summed E-state index contributed by atoms with van der Waals surface area (Å²) in [5, 5.41) is 5.55. The monoisotopic (exact) mass is 370 g/mol. The fourth-order valence-corrected chi connectivity index (χ4v) is 1.47. The summed E-state index contributed by atoms with van der Waals surface area (Å²) in [6, 6.07) is 0. The summed E-state index contributed by atoms with van der Waals surface area (Å²) < 4.78 is 5.38. The molecule has 0 aromatic carbocycles. The predicted octanol–water partition coefficient (Wildman–Crippen LogP) is -0.725. The van der Waals surface area contributed by atoms with Gasteiger partial charge in [0, 0.05) is 45.6 Å². The van der Waals surface area contributed by atoms with E-state index in [2.05, 4.69) is 10.6 Å². The number of aldehydes is 1. The number of carbonyl (C=O) groups is 3. The van der Waals surface area contributed by atoms with E-state index in [4.69, 9.17) is 4.74 Å². The van der Waals surface area contributed by atoms with E-state index in [-0.39, 0.29) is 70.6 Å². The van der Waals surface area contributed by atoms with Crippen LogP contribution >= 0.6 is 0 Å². The molecule has 0 aliphatic carbocycles. The molecule has 6 nitrogen and oxygen atoms in total. The second-order valence-electron chi connectivity index (χ2n) is 4.43. The maximum absolute atomic E-state index is 11.3. The van der Waals surface area contributed by atoms with E-state index in [0.717, 1.165) is 19.1 Å². The van der Waals surface area contributed by atoms with Gasteiger partial charge in [0.15, 0.2) is 0 Å². The molecule has 0 saturated carbocycles. The number of rotatable bonds is 13. The summed E-state index contributed by atoms with van der Waals surface area (Å²) >= 11 is 0. The van der Waals surface area contributed by atoms with Crippen molar-refractivity contribution in [3.05, 3.63) is 7.43 Å². The Balaban J connectivity index is -0.000000480. The van der Waals surface area contributed by atoms with Gasteiger partial charge in [-0.25, -0.2) is 0 Å². The third-order valence-electron chi connectivity index (χ3n) is 2.62. The van der Waals surface area contributed by atoms with Crippen LogP contribution in [0.2, 0.25) is 0 Å². The third-order valence-corrected chi connectivity index (χ3v) is 2.62. The van der Waals surface area contributed by atoms with E-state index in [1.54, 1.807) is 0 Å². The Hall–Kier alpha value is 0.206. The molecule has 0 fully saturated rings. The minimum absolute atomic E-state index is 0. The van der Waals surface area contributed by atoms with E-state index in [9.17, 15) is 14.4 Å². The molecule has 0 aliphatic heterocycles. The first kappa shape index (κ1) is 31.9. The van der Waals surface area contributed by atoms with Gasteiger partial charge in [0.25, 0.3) is 0 Å². The Morgan fingerprint density at radius 1 is 0.958 bits per heavy atom. The van der Waals surface area contributed by atoms with Crippen molar-refractivity contribution in [1.82, 2.24) is 10.6 Å². The Kier molecular flexibility index (Phi) is 37.3. The minimum Gasteiger partial charge on any atom is -0.381 e. The maximum Gasteiger partial charge on any atom is 1.00 e. The van der Waals surface area contributed by atoms with Gasteiger partial charge in [-0.3, -0.25) is 9.59 Å². The molecule has 24 heavy (non-hydrogen) atoms. The molecule has 0 unspecified atom stereocenters. The number of nitrogens with one attached hydrogen (secondary N) is 2. The van der Waals surface area contributed by atoms with Crippen molar-refractivity contribution in [2.75, 3.05) is 26.3 Å². The van der Waals surface area contributed by atoms with E-state index in [0.29, 0.717) is 52.0 Å². The molecule has 2 amide bonds. The third kappa shape index (κ3) is 27.1. The van der Waals surface area contributed by atoms with Gasteiger partial charge < -0.3 is 27.6 Å². The van der Waals surface area contributed by atoms with Crippen LogP contribution in [-0.4, -0.2) is 44.4 Å². The fourth-order valence-electron chi connectivity index (χ4n) is 1.47. The molecule has 2 N–H and O–H groups in total. The summed E-state index contributed by atoms with van der Waals surface area (Å²) in [5.41, 5.74) is 0. The molecular formula is C17H35KN2O4. The van der Waals surface area contributed by atoms with Crippen molar-refractivity contribution in [1.29, 1.82) is 0 Å². The van der Waals surface area contributed by atoms with Gasteiger partial charge in [0.1, 0.15) is 6.29 Å². The number of hydrogen-bond acceptors (Lipinski definition) is 4. The first-order valence-electron chi connectivity index (χ1n) is 8.25. The van der Waals surface area contributed by atoms with E-state index in [1.807, 2.05) is 20.8 Å². The summed E-state index contributed by atoms with van der Waals surface area (Å²) in [6.07, 6.45) is 4.33. The largest absolute Gasteiger partial charge is 1.00 e. The fraction of sp³-hybridized carbons (Fsp3) is 0.765. The second kappa shape index (κ2) is 28.0. The molecule has 7 heteroatoms. The Morgan fingerprint density at radius 2 is 1.46 bits per heavy atom. The Morgan fingerprint density at radius 3 is 1.92 bits per heavy atom. The van der Waals surface area contributed by atoms with Crippen LogP contribution in [0.25, 0.3) is 0 Å². The number of amides is 2. The molecule has 0 heterocycles. The van der Waals surface area contributed by atoms with E-state index in [1.165, 1.54) is 0 Å². The molecule has 0 atom stereocenters. The quantitative estimate of drug-likeness (QED) is 0.194. The van der Waals surface area contributed by atoms with E-state index >= 15 is 0 Å². The van der Waals surface area contributed by atoms with Gasteiger partial charge in [-0.2, -0.15) is 0 Å². The smallest absolute Gasteiger partial charge is 0.381 e. The SMILES string of the molecule is CC.CCC(=O)NCCCOCCCNC(=O)CCCC=O.[CH3-].[K+]. The summed E-state index contributed by atoms with van der Waals surface area (Å²) in [6.45, 7) is 8.25. The van der Waals surface area contributed by atoms with Crippen LogP contribution in [-0.2, 0) is 19.1 Å². The van der Waals surface area contributed by atoms with Gasteiger partial charge in [-0.05, 0) is 19.3 Å². The molecule has 0 aromatic rings. The van der Waals surface area contributed by atoms with Gasteiger partial charge in [-0.1, -0.05) is 20.8 Å². The average Bonchev–Trinajstić information content (AvgIpc) is 2.55. The van der Waals surface area contributed by atoms with Crippen LogP contribution < -0.4 is 62.0 Å². The standard InChI is InChI=1S/C14H26N2O4.C2H6.CH3.K/c1-2-13(18)15-8-5-11-20-12-6-9-16-14(19)7-3-4-10-17;1-2;;/h10H,2-9,11-12H2,1H3,(H,15,18)(H,16,19);1-2H3;1H3;/q;;-1;+1. The zero-order valence-electron chi connectivity index (χ0n) is 16.3. The topological polar surface area (TPSA) is 84.5 Å². The minimum atomic E-state index is -0.0193. The van der Waals surface area contributed by atoms with Crippen molar-refractivity contribution in [3.8, 4) is 0 Å². The van der Waals surface area contributed by atoms with Crippen LogP contribution in [0.15, 0.2) is 0 Å². The summed E-state index contributed by atoms with van der Waals surface area (Å²) in [7, 11) is 0. The molecule has 0 radical (unpaired) electrons. The van der Waals surface area contributed by atoms with Gasteiger partial charge >= 0.3 is 51.4 Å². The number of unbranched alkanes of at least 4 members (excludes halogenated alkanes) is 1. The first-order chi connectivity index (χ1) is 10.7. The second-order valence-corrected chi connectivity index (χ2v) is 4.43. The van der Waals surface area contributed by atoms with E-state index < -0.39 is 0 Å². The zero-order chi connectivity index (χ0) is 17.1. The number of hydrogen-bond donors (Lipinski definition) is 2. The summed E-state index contributed by atoms with van der Waals surface area (Å²) in [5.74, 6) is 0.0384. The molecule has 0 saturated heterocycles. The van der Waals surface area contributed by atoms with Crippen LogP contribution in [0.5, 0.6) is 0 Å². The van der Waals surface area contributed by atoms with Gasteiger partial charge in [0.05, 0.1) is 0 Å². The summed E-state index contributed by atoms with van der Waals surface area (Å²) in [4.78, 5) is 32.3. The number of carbonyl (C=O) groups excluding carboxylic acids is 3. The molecule has 0 aliphatic rings. The van der Waals surface area contributed by atoms with Crippen molar-refractivity contribution >= 4 is 18.1 Å². The van der Waals surface area contributed by atoms with Crippen molar-refractivity contribution in [2.24, 2.45) is 0 Å². The first-order valence-corrected chi connectivity index (χ1v) is 8.25. The Bertz CT molecular complexity index is 290. The molecule has 0 bridgehead atoms. The van der Waals surface area contributed by atoms with Crippen molar-refractivity contribution < 1.29 is 70.5 Å². The molecule has 0 spiro atoms. The molecule has 0 rings (SSSR count). The maximum atomic E-state index is 11.3. The van der Waals surface area contributed by atoms with Gasteiger partial charge in [0.2, 0.25) is 11.8 Å². The zero-order valence-corrected chi connectivity index (χ0v) is 19.4. The van der Waals surface area contributed by atoms with Crippen LogP contribution in [0.3, 0.4) is 0 Å². The normalized spacial score (nSPS) is 8.62. The van der Waals surface area contributed by atoms with Crippen LogP contribution in [0, 0.1) is 7.43 Å². The van der Waals surface area contributed by atoms with Crippen LogP contribution in [0.1, 0.15) is 59.3 Å². The van der Waals surface area contributed by atoms with Gasteiger partial charge in [-0.15, -0.1) is 0 Å². The number of ether oxygens (including phenoxy) is 1. The van der Waals surface area contributed by atoms with Crippen molar-refractivity contribution in [3.63, 3.8) is 0 Å². The molecule has 0 aromatic heterocycles. The Labute approximate surface area is 190 Å². The molecular weight excluding hydrogens is 335 g/mol. The van der Waals surface area contributed by atoms with Crippen molar-refractivity contribution in [2.45, 2.75) is 59.3 Å².